The zero-order valence-electron chi connectivity index (χ0n) is 14.4. The Kier molecular flexibility index (Phi) is 5.69. The van der Waals surface area contributed by atoms with Crippen LogP contribution in [0.3, 0.4) is 0 Å². The summed E-state index contributed by atoms with van der Waals surface area (Å²) < 4.78 is 13.3. The second kappa shape index (κ2) is 8.15. The highest BCUT2D eigenvalue weighted by Crippen LogP contribution is 2.25. The summed E-state index contributed by atoms with van der Waals surface area (Å²) in [5, 5.41) is 3.99. The molecule has 0 saturated heterocycles. The van der Waals surface area contributed by atoms with Crippen LogP contribution in [0.5, 0.6) is 0 Å². The highest BCUT2D eigenvalue weighted by Gasteiger charge is 2.17. The van der Waals surface area contributed by atoms with Gasteiger partial charge in [0, 0.05) is 22.7 Å². The molecule has 0 saturated carbocycles. The maximum Gasteiger partial charge on any atom is 0.165 e. The van der Waals surface area contributed by atoms with Gasteiger partial charge in [-0.05, 0) is 66.6 Å². The van der Waals surface area contributed by atoms with E-state index in [1.807, 2.05) is 31.2 Å². The Morgan fingerprint density at radius 3 is 2.38 bits per heavy atom. The lowest BCUT2D eigenvalue weighted by molar-refractivity contribution is 0.0976. The maximum absolute atomic E-state index is 13.3. The number of ketones is 1. The zero-order chi connectivity index (χ0) is 18.5. The van der Waals surface area contributed by atoms with Gasteiger partial charge in [0.05, 0.1) is 6.04 Å². The van der Waals surface area contributed by atoms with Crippen LogP contribution in [0, 0.1) is 12.7 Å². The molecule has 0 fully saturated rings. The largest absolute Gasteiger partial charge is 0.378 e. The lowest BCUT2D eigenvalue weighted by Crippen LogP contribution is -2.16. The van der Waals surface area contributed by atoms with Crippen molar-refractivity contribution in [2.75, 3.05) is 5.32 Å². The van der Waals surface area contributed by atoms with Crippen LogP contribution in [0.15, 0.2) is 72.8 Å². The number of rotatable bonds is 6. The van der Waals surface area contributed by atoms with Crippen molar-refractivity contribution in [2.45, 2.75) is 19.4 Å². The van der Waals surface area contributed by atoms with E-state index in [-0.39, 0.29) is 24.1 Å². The van der Waals surface area contributed by atoms with Gasteiger partial charge in [-0.1, -0.05) is 35.9 Å². The van der Waals surface area contributed by atoms with E-state index in [9.17, 15) is 9.18 Å². The summed E-state index contributed by atoms with van der Waals surface area (Å²) in [6, 6.07) is 20.8. The molecular formula is C22H19ClFNO. The molecule has 1 N–H and O–H groups in total. The number of carbonyl (C=O) groups is 1. The van der Waals surface area contributed by atoms with Gasteiger partial charge in [-0.2, -0.15) is 0 Å². The third kappa shape index (κ3) is 4.70. The second-order valence-electron chi connectivity index (χ2n) is 6.25. The van der Waals surface area contributed by atoms with Gasteiger partial charge in [-0.15, -0.1) is 0 Å². The van der Waals surface area contributed by atoms with E-state index < -0.39 is 0 Å². The Hall–Kier alpha value is -2.65. The molecule has 4 heteroatoms. The number of hydrogen-bond donors (Lipinski definition) is 1. The van der Waals surface area contributed by atoms with Gasteiger partial charge < -0.3 is 5.32 Å². The standard InChI is InChI=1S/C22H19ClFNO/c1-15-3-2-4-20(13-15)25-21(16-7-11-19(24)12-8-16)14-22(26)17-5-9-18(23)10-6-17/h2-13,21,25H,14H2,1H3. The molecule has 1 unspecified atom stereocenters. The Morgan fingerprint density at radius 1 is 1.04 bits per heavy atom. The topological polar surface area (TPSA) is 29.1 Å². The van der Waals surface area contributed by atoms with Crippen molar-refractivity contribution in [3.05, 3.63) is 100 Å². The Balaban J connectivity index is 1.85. The molecule has 26 heavy (non-hydrogen) atoms. The average molecular weight is 368 g/mol. The summed E-state index contributed by atoms with van der Waals surface area (Å²) in [7, 11) is 0. The molecule has 0 spiro atoms. The van der Waals surface area contributed by atoms with Crippen LogP contribution in [-0.4, -0.2) is 5.78 Å². The average Bonchev–Trinajstić information content (AvgIpc) is 2.62. The number of carbonyl (C=O) groups excluding carboxylic acids is 1. The molecule has 3 rings (SSSR count). The molecule has 0 aromatic heterocycles. The number of halogens is 2. The number of benzene rings is 3. The quantitative estimate of drug-likeness (QED) is 0.524. The number of aryl methyl sites for hydroxylation is 1. The van der Waals surface area contributed by atoms with E-state index in [1.54, 1.807) is 36.4 Å². The van der Waals surface area contributed by atoms with Crippen molar-refractivity contribution in [2.24, 2.45) is 0 Å². The SMILES string of the molecule is Cc1cccc(NC(CC(=O)c2ccc(Cl)cc2)c2ccc(F)cc2)c1. The van der Waals surface area contributed by atoms with E-state index in [0.29, 0.717) is 10.6 Å². The minimum absolute atomic E-state index is 0.00357. The van der Waals surface area contributed by atoms with Crippen molar-refractivity contribution in [1.29, 1.82) is 0 Å². The first-order valence-corrected chi connectivity index (χ1v) is 8.76. The van der Waals surface area contributed by atoms with E-state index in [0.717, 1.165) is 16.8 Å². The molecule has 3 aromatic carbocycles. The number of anilines is 1. The van der Waals surface area contributed by atoms with Crippen molar-refractivity contribution < 1.29 is 9.18 Å². The van der Waals surface area contributed by atoms with Crippen LogP contribution < -0.4 is 5.32 Å². The molecule has 3 aromatic rings. The van der Waals surface area contributed by atoms with Crippen molar-refractivity contribution in [1.82, 2.24) is 0 Å². The van der Waals surface area contributed by atoms with E-state index >= 15 is 0 Å². The third-order valence-corrected chi connectivity index (χ3v) is 4.44. The smallest absolute Gasteiger partial charge is 0.165 e. The molecular weight excluding hydrogens is 349 g/mol. The van der Waals surface area contributed by atoms with Crippen molar-refractivity contribution in [3.63, 3.8) is 0 Å². The Morgan fingerprint density at radius 2 is 1.73 bits per heavy atom. The van der Waals surface area contributed by atoms with Crippen LogP contribution in [0.1, 0.15) is 33.9 Å². The molecule has 0 aliphatic rings. The van der Waals surface area contributed by atoms with Crippen LogP contribution in [0.4, 0.5) is 10.1 Å². The lowest BCUT2D eigenvalue weighted by atomic mass is 9.97. The zero-order valence-corrected chi connectivity index (χ0v) is 15.1. The third-order valence-electron chi connectivity index (χ3n) is 4.19. The summed E-state index contributed by atoms with van der Waals surface area (Å²) in [5.74, 6) is -0.303. The number of nitrogens with one attached hydrogen (secondary N) is 1. The maximum atomic E-state index is 13.3. The van der Waals surface area contributed by atoms with Crippen molar-refractivity contribution in [3.8, 4) is 0 Å². The van der Waals surface area contributed by atoms with E-state index in [1.165, 1.54) is 12.1 Å². The predicted octanol–water partition coefficient (Wildman–Crippen LogP) is 6.21. The molecule has 0 radical (unpaired) electrons. The minimum Gasteiger partial charge on any atom is -0.378 e. The summed E-state index contributed by atoms with van der Waals surface area (Å²) in [6.45, 7) is 2.01. The minimum atomic E-state index is -0.299. The molecule has 0 amide bonds. The molecule has 0 aliphatic heterocycles. The fourth-order valence-corrected chi connectivity index (χ4v) is 2.95. The molecule has 0 bridgehead atoms. The summed E-state index contributed by atoms with van der Waals surface area (Å²) in [6.07, 6.45) is 0.251. The first kappa shape index (κ1) is 18.2. The molecule has 1 atom stereocenters. The van der Waals surface area contributed by atoms with Gasteiger partial charge in [0.2, 0.25) is 0 Å². The van der Waals surface area contributed by atoms with Crippen LogP contribution in [-0.2, 0) is 0 Å². The Bertz CT molecular complexity index is 891. The van der Waals surface area contributed by atoms with Gasteiger partial charge in [0.25, 0.3) is 0 Å². The fourth-order valence-electron chi connectivity index (χ4n) is 2.82. The van der Waals surface area contributed by atoms with Crippen molar-refractivity contribution >= 4 is 23.1 Å². The summed E-state index contributed by atoms with van der Waals surface area (Å²) >= 11 is 5.90. The van der Waals surface area contributed by atoms with E-state index in [2.05, 4.69) is 5.32 Å². The highest BCUT2D eigenvalue weighted by atomic mass is 35.5. The monoisotopic (exact) mass is 367 g/mol. The van der Waals surface area contributed by atoms with Gasteiger partial charge in [-0.3, -0.25) is 4.79 Å². The summed E-state index contributed by atoms with van der Waals surface area (Å²) in [4.78, 5) is 12.7. The van der Waals surface area contributed by atoms with Gasteiger partial charge in [0.1, 0.15) is 5.82 Å². The molecule has 132 valence electrons. The Labute approximate surface area is 157 Å². The predicted molar refractivity (Wildman–Crippen MR) is 104 cm³/mol. The molecule has 2 nitrogen and oxygen atoms in total. The van der Waals surface area contributed by atoms with Gasteiger partial charge in [0.15, 0.2) is 5.78 Å². The molecule has 0 heterocycles. The van der Waals surface area contributed by atoms with Crippen LogP contribution in [0.2, 0.25) is 5.02 Å². The first-order chi connectivity index (χ1) is 12.5. The summed E-state index contributed by atoms with van der Waals surface area (Å²) in [5.41, 5.74) is 3.50. The van der Waals surface area contributed by atoms with Gasteiger partial charge in [-0.25, -0.2) is 4.39 Å². The normalized spacial score (nSPS) is 11.8. The fraction of sp³-hybridized carbons (Fsp3) is 0.136. The number of hydrogen-bond acceptors (Lipinski definition) is 2. The number of Topliss-reactive ketones (excluding diaryl/α,β-unsaturated/α-hetero) is 1. The second-order valence-corrected chi connectivity index (χ2v) is 6.69. The molecule has 0 aliphatic carbocycles. The van der Waals surface area contributed by atoms with Crippen LogP contribution >= 0.6 is 11.6 Å². The lowest BCUT2D eigenvalue weighted by Gasteiger charge is -2.20. The highest BCUT2D eigenvalue weighted by molar-refractivity contribution is 6.30. The van der Waals surface area contributed by atoms with Crippen LogP contribution in [0.25, 0.3) is 0 Å². The van der Waals surface area contributed by atoms with Gasteiger partial charge >= 0.3 is 0 Å². The van der Waals surface area contributed by atoms with E-state index in [4.69, 9.17) is 11.6 Å². The first-order valence-electron chi connectivity index (χ1n) is 8.39.